The molecule has 198 valence electrons. The summed E-state index contributed by atoms with van der Waals surface area (Å²) in [7, 11) is 1.64. The van der Waals surface area contributed by atoms with E-state index in [0.717, 1.165) is 17.1 Å². The van der Waals surface area contributed by atoms with Crippen LogP contribution in [0.25, 0.3) is 0 Å². The van der Waals surface area contributed by atoms with E-state index in [2.05, 4.69) is 22.5 Å². The summed E-state index contributed by atoms with van der Waals surface area (Å²) in [5, 5.41) is 18.6. The number of halogens is 4. The van der Waals surface area contributed by atoms with Gasteiger partial charge in [0, 0.05) is 45.6 Å². The van der Waals surface area contributed by atoms with Crippen molar-refractivity contribution in [3.05, 3.63) is 40.2 Å². The molecule has 0 bridgehead atoms. The van der Waals surface area contributed by atoms with E-state index in [1.165, 1.54) is 4.90 Å². The van der Waals surface area contributed by atoms with Crippen LogP contribution in [0.4, 0.5) is 18.9 Å². The van der Waals surface area contributed by atoms with E-state index < -0.39 is 42.6 Å². The van der Waals surface area contributed by atoms with Crippen molar-refractivity contribution in [1.82, 2.24) is 20.1 Å². The summed E-state index contributed by atoms with van der Waals surface area (Å²) < 4.78 is 38.5. The van der Waals surface area contributed by atoms with E-state index in [0.29, 0.717) is 31.3 Å². The van der Waals surface area contributed by atoms with E-state index in [4.69, 9.17) is 16.7 Å². The molecule has 0 spiro atoms. The van der Waals surface area contributed by atoms with Gasteiger partial charge in [-0.15, -0.1) is 0 Å². The normalized spacial score (nSPS) is 14.6. The highest BCUT2D eigenvalue weighted by Gasteiger charge is 2.32. The van der Waals surface area contributed by atoms with Crippen molar-refractivity contribution in [3.8, 4) is 0 Å². The van der Waals surface area contributed by atoms with Crippen molar-refractivity contribution in [3.63, 3.8) is 0 Å². The van der Waals surface area contributed by atoms with Crippen molar-refractivity contribution in [1.29, 1.82) is 0 Å². The first kappa shape index (κ1) is 28.9. The number of nitrogens with zero attached hydrogens (tertiary/aromatic N) is 4. The SMILES string of the molecule is C=NN(CC(=O)Nc1ccc(C(F)(F)F)cc1Cl)C(=O)/C(=C(/CC)NC)N1CCN(C(=O)CO)CC1. The Balaban J connectivity index is 2.19. The third kappa shape index (κ3) is 7.10. The number of aliphatic hydroxyl groups excluding tert-OH is 1. The predicted molar refractivity (Wildman–Crippen MR) is 128 cm³/mol. The zero-order valence-electron chi connectivity index (χ0n) is 19.9. The van der Waals surface area contributed by atoms with E-state index in [-0.39, 0.29) is 29.5 Å². The molecule has 3 N–H and O–H groups in total. The number of benzene rings is 1. The zero-order valence-corrected chi connectivity index (χ0v) is 20.6. The summed E-state index contributed by atoms with van der Waals surface area (Å²) in [6, 6.07) is 2.48. The van der Waals surface area contributed by atoms with Gasteiger partial charge in [0.25, 0.3) is 5.91 Å². The number of piperazine rings is 1. The highest BCUT2D eigenvalue weighted by molar-refractivity contribution is 6.33. The van der Waals surface area contributed by atoms with Crippen LogP contribution in [0.5, 0.6) is 0 Å². The van der Waals surface area contributed by atoms with E-state index >= 15 is 0 Å². The fourth-order valence-corrected chi connectivity index (χ4v) is 3.85. The maximum Gasteiger partial charge on any atom is 0.416 e. The van der Waals surface area contributed by atoms with Crippen LogP contribution in [0.3, 0.4) is 0 Å². The number of anilines is 1. The van der Waals surface area contributed by atoms with Gasteiger partial charge in [-0.05, 0) is 24.6 Å². The minimum absolute atomic E-state index is 0.0592. The van der Waals surface area contributed by atoms with Gasteiger partial charge in [0.05, 0.1) is 16.3 Å². The number of rotatable bonds is 9. The van der Waals surface area contributed by atoms with Crippen molar-refractivity contribution >= 4 is 41.7 Å². The molecule has 3 amide bonds. The molecule has 10 nitrogen and oxygen atoms in total. The number of aliphatic hydroxyl groups is 1. The highest BCUT2D eigenvalue weighted by atomic mass is 35.5. The van der Waals surface area contributed by atoms with E-state index in [9.17, 15) is 27.6 Å². The topological polar surface area (TPSA) is 118 Å². The number of hydrogen-bond acceptors (Lipinski definition) is 7. The first-order valence-corrected chi connectivity index (χ1v) is 11.3. The monoisotopic (exact) mass is 532 g/mol. The summed E-state index contributed by atoms with van der Waals surface area (Å²) >= 11 is 5.89. The largest absolute Gasteiger partial charge is 0.416 e. The molecule has 1 aromatic carbocycles. The van der Waals surface area contributed by atoms with Crippen LogP contribution in [0.15, 0.2) is 34.7 Å². The fraction of sp³-hybridized carbons (Fsp3) is 0.455. The average molecular weight is 533 g/mol. The molecule has 1 fully saturated rings. The number of carbonyl (C=O) groups is 3. The molecule has 1 aliphatic heterocycles. The molecule has 0 aromatic heterocycles. The highest BCUT2D eigenvalue weighted by Crippen LogP contribution is 2.33. The maximum absolute atomic E-state index is 13.4. The van der Waals surface area contributed by atoms with E-state index in [1.807, 2.05) is 6.92 Å². The Labute approximate surface area is 211 Å². The Morgan fingerprint density at radius 1 is 1.19 bits per heavy atom. The van der Waals surface area contributed by atoms with Gasteiger partial charge in [-0.2, -0.15) is 18.3 Å². The summed E-state index contributed by atoms with van der Waals surface area (Å²) in [4.78, 5) is 41.0. The standard InChI is InChI=1S/C22H28ClF3N6O4/c1-4-16(27-2)20(31-9-7-30(8-10-31)19(35)13-33)21(36)32(28-3)12-18(34)29-17-6-5-14(11-15(17)23)22(24,25)26/h5-6,11,27,33H,3-4,7-10,12-13H2,1-2H3,(H,29,34)/b20-16+. The first-order chi connectivity index (χ1) is 17.0. The lowest BCUT2D eigenvalue weighted by Gasteiger charge is -2.38. The van der Waals surface area contributed by atoms with Crippen molar-refractivity contribution in [2.45, 2.75) is 19.5 Å². The second kappa shape index (κ2) is 12.6. The molecule has 2 rings (SSSR count). The van der Waals surface area contributed by atoms with Gasteiger partial charge in [-0.1, -0.05) is 18.5 Å². The van der Waals surface area contributed by atoms with Crippen LogP contribution in [0.2, 0.25) is 5.02 Å². The van der Waals surface area contributed by atoms with Crippen molar-refractivity contribution < 1.29 is 32.7 Å². The molecule has 1 aliphatic rings. The number of allylic oxidation sites excluding steroid dienone is 1. The van der Waals surface area contributed by atoms with Crippen LogP contribution in [0.1, 0.15) is 18.9 Å². The molecule has 1 aromatic rings. The molecule has 0 unspecified atom stereocenters. The van der Waals surface area contributed by atoms with E-state index in [1.54, 1.807) is 11.9 Å². The van der Waals surface area contributed by atoms with Crippen molar-refractivity contribution in [2.24, 2.45) is 5.10 Å². The second-order valence-corrected chi connectivity index (χ2v) is 8.11. The van der Waals surface area contributed by atoms with Gasteiger partial charge < -0.3 is 25.5 Å². The number of amides is 3. The van der Waals surface area contributed by atoms with Gasteiger partial charge in [-0.25, -0.2) is 5.01 Å². The van der Waals surface area contributed by atoms with Gasteiger partial charge in [0.15, 0.2) is 0 Å². The Hall–Kier alpha value is -3.32. The Morgan fingerprint density at radius 2 is 1.81 bits per heavy atom. The average Bonchev–Trinajstić information content (AvgIpc) is 2.85. The lowest BCUT2D eigenvalue weighted by atomic mass is 10.2. The smallest absolute Gasteiger partial charge is 0.390 e. The molecular weight excluding hydrogens is 505 g/mol. The quantitative estimate of drug-likeness (QED) is 0.253. The number of carbonyl (C=O) groups excluding carboxylic acids is 3. The zero-order chi connectivity index (χ0) is 27.0. The minimum Gasteiger partial charge on any atom is -0.390 e. The van der Waals surface area contributed by atoms with Gasteiger partial charge >= 0.3 is 6.18 Å². The van der Waals surface area contributed by atoms with Crippen LogP contribution in [0, 0.1) is 0 Å². The van der Waals surface area contributed by atoms with Gasteiger partial charge in [0.2, 0.25) is 11.8 Å². The second-order valence-electron chi connectivity index (χ2n) is 7.70. The third-order valence-electron chi connectivity index (χ3n) is 5.50. The van der Waals surface area contributed by atoms with Crippen LogP contribution < -0.4 is 10.6 Å². The lowest BCUT2D eigenvalue weighted by Crippen LogP contribution is -2.51. The van der Waals surface area contributed by atoms with Crippen molar-refractivity contribution in [2.75, 3.05) is 51.7 Å². The van der Waals surface area contributed by atoms with Gasteiger partial charge in [0.1, 0.15) is 18.8 Å². The summed E-state index contributed by atoms with van der Waals surface area (Å²) in [5.41, 5.74) is -0.216. The molecule has 0 atom stereocenters. The number of nitrogens with one attached hydrogen (secondary N) is 2. The molecule has 14 heteroatoms. The molecule has 36 heavy (non-hydrogen) atoms. The minimum atomic E-state index is -4.59. The lowest BCUT2D eigenvalue weighted by molar-refractivity contribution is -0.138. The summed E-state index contributed by atoms with van der Waals surface area (Å²) in [6.45, 7) is 5.18. The Bertz CT molecular complexity index is 1020. The predicted octanol–water partition coefficient (Wildman–Crippen LogP) is 1.72. The molecule has 1 heterocycles. The molecular formula is C22H28ClF3N6O4. The van der Waals surface area contributed by atoms with Crippen LogP contribution >= 0.6 is 11.6 Å². The molecule has 0 radical (unpaired) electrons. The molecule has 0 saturated carbocycles. The maximum atomic E-state index is 13.4. The Morgan fingerprint density at radius 3 is 2.28 bits per heavy atom. The summed E-state index contributed by atoms with van der Waals surface area (Å²) in [5.74, 6) is -1.80. The van der Waals surface area contributed by atoms with Crippen LogP contribution in [-0.2, 0) is 20.6 Å². The summed E-state index contributed by atoms with van der Waals surface area (Å²) in [6.07, 6.45) is -4.14. The third-order valence-corrected chi connectivity index (χ3v) is 5.81. The number of hydrogen-bond donors (Lipinski definition) is 3. The number of alkyl halides is 3. The first-order valence-electron chi connectivity index (χ1n) is 11.0. The Kier molecular flexibility index (Phi) is 10.1. The molecule has 1 saturated heterocycles. The fourth-order valence-electron chi connectivity index (χ4n) is 3.62. The van der Waals surface area contributed by atoms with Crippen LogP contribution in [-0.4, -0.2) is 90.7 Å². The number of hydrazone groups is 1. The van der Waals surface area contributed by atoms with Gasteiger partial charge in [-0.3, -0.25) is 14.4 Å². The molecule has 0 aliphatic carbocycles.